The Morgan fingerprint density at radius 1 is 1.19 bits per heavy atom. The van der Waals surface area contributed by atoms with E-state index in [0.29, 0.717) is 24.2 Å². The summed E-state index contributed by atoms with van der Waals surface area (Å²) in [7, 11) is 5.44. The Kier molecular flexibility index (Phi) is 5.67. The first-order valence-electron chi connectivity index (χ1n) is 10.2. The lowest BCUT2D eigenvalue weighted by Gasteiger charge is -2.25. The zero-order valence-electron chi connectivity index (χ0n) is 18.1. The summed E-state index contributed by atoms with van der Waals surface area (Å²) in [5.74, 6) is -2.30. The van der Waals surface area contributed by atoms with E-state index in [2.05, 4.69) is 4.98 Å². The predicted octanol–water partition coefficient (Wildman–Crippen LogP) is 1.90. The van der Waals surface area contributed by atoms with Crippen LogP contribution in [0.3, 0.4) is 0 Å². The van der Waals surface area contributed by atoms with Gasteiger partial charge in [0.05, 0.1) is 16.8 Å². The lowest BCUT2D eigenvalue weighted by molar-refractivity contribution is -0.140. The van der Waals surface area contributed by atoms with Gasteiger partial charge in [-0.2, -0.15) is 0 Å². The number of carbonyl (C=O) groups is 2. The molecule has 0 bridgehead atoms. The highest BCUT2D eigenvalue weighted by Crippen LogP contribution is 2.38. The van der Waals surface area contributed by atoms with Gasteiger partial charge in [-0.15, -0.1) is 0 Å². The number of aliphatic hydroxyl groups is 1. The van der Waals surface area contributed by atoms with Gasteiger partial charge in [0.15, 0.2) is 5.58 Å². The van der Waals surface area contributed by atoms with E-state index in [1.54, 1.807) is 43.6 Å². The minimum atomic E-state index is -0.808. The average molecular weight is 436 g/mol. The fourth-order valence-electron chi connectivity index (χ4n) is 3.95. The Hall–Kier alpha value is -3.72. The van der Waals surface area contributed by atoms with Crippen molar-refractivity contribution in [2.75, 3.05) is 27.2 Å². The molecule has 1 atom stereocenters. The summed E-state index contributed by atoms with van der Waals surface area (Å²) in [5, 5.41) is 11.1. The predicted molar refractivity (Wildman–Crippen MR) is 118 cm³/mol. The first kappa shape index (κ1) is 21.5. The van der Waals surface area contributed by atoms with Crippen molar-refractivity contribution in [3.8, 4) is 0 Å². The monoisotopic (exact) mass is 436 g/mol. The molecule has 166 valence electrons. The van der Waals surface area contributed by atoms with Crippen molar-refractivity contribution in [1.82, 2.24) is 19.4 Å². The third-order valence-corrected chi connectivity index (χ3v) is 5.58. The number of hydrogen-bond acceptors (Lipinski definition) is 7. The molecule has 3 aromatic rings. The largest absolute Gasteiger partial charge is 0.507 e. The van der Waals surface area contributed by atoms with Gasteiger partial charge in [-0.05, 0) is 57.4 Å². The molecule has 1 aliphatic heterocycles. The smallest absolute Gasteiger partial charge is 0.419 e. The number of pyridine rings is 1. The Bertz CT molecular complexity index is 1270. The van der Waals surface area contributed by atoms with Gasteiger partial charge >= 0.3 is 5.76 Å². The van der Waals surface area contributed by atoms with Crippen LogP contribution >= 0.6 is 0 Å². The standard InChI is InChI=1S/C23H24N4O5/c1-25(2)11-6-12-27-19(15-7-4-5-10-24-15)18(21(29)22(27)30)20(28)14-8-9-16-17(13-14)32-23(31)26(16)3/h4-5,7-10,13,19,28H,6,11-12H2,1-3H3/t19-/m0/s1. The third kappa shape index (κ3) is 3.71. The number of Topliss-reactive ketones (excluding diaryl/α,β-unsaturated/α-hetero) is 1. The molecule has 32 heavy (non-hydrogen) atoms. The topological polar surface area (TPSA) is 109 Å². The van der Waals surface area contributed by atoms with Crippen LogP contribution in [-0.4, -0.2) is 63.3 Å². The number of oxazole rings is 1. The second-order valence-corrected chi connectivity index (χ2v) is 8.01. The summed E-state index contributed by atoms with van der Waals surface area (Å²) >= 11 is 0. The molecule has 2 aromatic heterocycles. The number of ketones is 1. The van der Waals surface area contributed by atoms with Gasteiger partial charge in [-0.25, -0.2) is 4.79 Å². The second-order valence-electron chi connectivity index (χ2n) is 8.01. The molecule has 1 aromatic carbocycles. The van der Waals surface area contributed by atoms with Crippen molar-refractivity contribution in [2.45, 2.75) is 12.5 Å². The maximum atomic E-state index is 13.0. The third-order valence-electron chi connectivity index (χ3n) is 5.58. The van der Waals surface area contributed by atoms with Gasteiger partial charge in [0.1, 0.15) is 11.8 Å². The van der Waals surface area contributed by atoms with Crippen LogP contribution in [0, 0.1) is 0 Å². The van der Waals surface area contributed by atoms with E-state index >= 15 is 0 Å². The van der Waals surface area contributed by atoms with E-state index in [0.717, 1.165) is 6.54 Å². The Labute approximate surface area is 184 Å². The minimum Gasteiger partial charge on any atom is -0.507 e. The Morgan fingerprint density at radius 2 is 1.97 bits per heavy atom. The number of aliphatic hydroxyl groups excluding tert-OH is 1. The number of nitrogens with zero attached hydrogens (tertiary/aromatic N) is 4. The molecule has 0 radical (unpaired) electrons. The van der Waals surface area contributed by atoms with E-state index in [1.807, 2.05) is 19.0 Å². The number of aromatic nitrogens is 2. The lowest BCUT2D eigenvalue weighted by Crippen LogP contribution is -2.32. The van der Waals surface area contributed by atoms with Crippen molar-refractivity contribution in [1.29, 1.82) is 0 Å². The molecule has 1 N–H and O–H groups in total. The van der Waals surface area contributed by atoms with Gasteiger partial charge in [-0.3, -0.25) is 19.1 Å². The minimum absolute atomic E-state index is 0.0313. The van der Waals surface area contributed by atoms with Crippen LogP contribution in [0.1, 0.15) is 23.7 Å². The van der Waals surface area contributed by atoms with E-state index in [1.165, 1.54) is 15.5 Å². The molecule has 0 saturated carbocycles. The molecule has 1 saturated heterocycles. The number of fused-ring (bicyclic) bond motifs is 1. The van der Waals surface area contributed by atoms with Crippen LogP contribution in [0.5, 0.6) is 0 Å². The second kappa shape index (κ2) is 8.43. The molecular weight excluding hydrogens is 412 g/mol. The summed E-state index contributed by atoms with van der Waals surface area (Å²) in [5.41, 5.74) is 1.56. The quantitative estimate of drug-likeness (QED) is 0.357. The molecule has 0 spiro atoms. The van der Waals surface area contributed by atoms with Crippen LogP contribution in [0.25, 0.3) is 16.9 Å². The van der Waals surface area contributed by atoms with Crippen LogP contribution in [0.2, 0.25) is 0 Å². The van der Waals surface area contributed by atoms with Crippen LogP contribution in [0.4, 0.5) is 0 Å². The van der Waals surface area contributed by atoms with Gasteiger partial charge < -0.3 is 19.3 Å². The first-order chi connectivity index (χ1) is 15.3. The molecule has 3 heterocycles. The van der Waals surface area contributed by atoms with Crippen molar-refractivity contribution in [2.24, 2.45) is 7.05 Å². The summed E-state index contributed by atoms with van der Waals surface area (Å²) in [4.78, 5) is 45.5. The lowest BCUT2D eigenvalue weighted by atomic mass is 9.98. The fourth-order valence-corrected chi connectivity index (χ4v) is 3.95. The van der Waals surface area contributed by atoms with E-state index in [9.17, 15) is 19.5 Å². The SMILES string of the molecule is CN(C)CCCN1C(=O)C(=O)C(=C(O)c2ccc3c(c2)oc(=O)n3C)[C@@H]1c1ccccn1. The molecule has 9 nitrogen and oxygen atoms in total. The summed E-state index contributed by atoms with van der Waals surface area (Å²) in [6, 6.07) is 9.13. The molecular formula is C23H24N4O5. The van der Waals surface area contributed by atoms with Gasteiger partial charge in [-0.1, -0.05) is 6.07 Å². The number of likely N-dealkylation sites (tertiary alicyclic amines) is 1. The number of aryl methyl sites for hydroxylation is 1. The van der Waals surface area contributed by atoms with Crippen LogP contribution in [-0.2, 0) is 16.6 Å². The van der Waals surface area contributed by atoms with Gasteiger partial charge in [0, 0.05) is 25.4 Å². The van der Waals surface area contributed by atoms with Crippen LogP contribution in [0.15, 0.2) is 57.4 Å². The summed E-state index contributed by atoms with van der Waals surface area (Å²) in [6.45, 7) is 1.08. The Balaban J connectivity index is 1.82. The number of benzene rings is 1. The maximum Gasteiger partial charge on any atom is 0.419 e. The fraction of sp³-hybridized carbons (Fsp3) is 0.304. The van der Waals surface area contributed by atoms with Crippen molar-refractivity contribution in [3.05, 3.63) is 70.0 Å². The molecule has 4 rings (SSSR count). The van der Waals surface area contributed by atoms with Crippen molar-refractivity contribution in [3.63, 3.8) is 0 Å². The first-order valence-corrected chi connectivity index (χ1v) is 10.2. The maximum absolute atomic E-state index is 13.0. The van der Waals surface area contributed by atoms with Gasteiger partial charge in [0.2, 0.25) is 0 Å². The zero-order valence-corrected chi connectivity index (χ0v) is 18.1. The molecule has 0 aliphatic carbocycles. The summed E-state index contributed by atoms with van der Waals surface area (Å²) < 4.78 is 6.55. The molecule has 0 unspecified atom stereocenters. The normalized spacial score (nSPS) is 18.2. The van der Waals surface area contributed by atoms with E-state index in [4.69, 9.17) is 4.42 Å². The highest BCUT2D eigenvalue weighted by Gasteiger charge is 2.46. The number of carbonyl (C=O) groups excluding carboxylic acids is 2. The van der Waals surface area contributed by atoms with E-state index in [-0.39, 0.29) is 22.5 Å². The number of hydrogen-bond donors (Lipinski definition) is 1. The number of rotatable bonds is 6. The molecule has 9 heteroatoms. The molecule has 1 aliphatic rings. The highest BCUT2D eigenvalue weighted by molar-refractivity contribution is 6.46. The number of amides is 1. The Morgan fingerprint density at radius 3 is 2.66 bits per heavy atom. The average Bonchev–Trinajstić information content (AvgIpc) is 3.20. The van der Waals surface area contributed by atoms with Crippen molar-refractivity contribution >= 4 is 28.5 Å². The van der Waals surface area contributed by atoms with Crippen LogP contribution < -0.4 is 5.76 Å². The molecule has 1 fully saturated rings. The zero-order chi connectivity index (χ0) is 23.0. The summed E-state index contributed by atoms with van der Waals surface area (Å²) in [6.07, 6.45) is 2.24. The van der Waals surface area contributed by atoms with Crippen molar-refractivity contribution < 1.29 is 19.1 Å². The molecule has 1 amide bonds. The van der Waals surface area contributed by atoms with E-state index < -0.39 is 23.5 Å². The highest BCUT2D eigenvalue weighted by atomic mass is 16.4. The van der Waals surface area contributed by atoms with Gasteiger partial charge in [0.25, 0.3) is 11.7 Å².